The van der Waals surface area contributed by atoms with Gasteiger partial charge in [-0.15, -0.1) is 0 Å². The minimum atomic E-state index is 0.500. The van der Waals surface area contributed by atoms with E-state index in [0.29, 0.717) is 5.71 Å². The molecule has 0 heterocycles. The van der Waals surface area contributed by atoms with E-state index in [0.717, 1.165) is 44.8 Å². The van der Waals surface area contributed by atoms with Crippen LogP contribution >= 0.6 is 0 Å². The minimum absolute atomic E-state index is 0.500. The summed E-state index contributed by atoms with van der Waals surface area (Å²) in [6.07, 6.45) is 7.58. The highest BCUT2D eigenvalue weighted by atomic mass is 14.6. The number of aryl methyl sites for hydroxylation is 2. The average Bonchev–Trinajstić information content (AvgIpc) is 2.56. The van der Waals surface area contributed by atoms with Gasteiger partial charge in [-0.1, -0.05) is 24.3 Å². The number of hydrogen-bond donors (Lipinski definition) is 3. The number of nitrogens with one attached hydrogen (secondary N) is 1. The smallest absolute Gasteiger partial charge is 0.0540 e. The molecular weight excluding hydrogens is 294 g/mol. The molecule has 2 aromatic rings. The Bertz CT molecular complexity index is 843. The number of allylic oxidation sites excluding steroid dienone is 5. The molecule has 0 amide bonds. The molecule has 0 unspecified atom stereocenters. The Morgan fingerprint density at radius 3 is 1.62 bits per heavy atom. The fourth-order valence-corrected chi connectivity index (χ4v) is 2.80. The molecule has 24 heavy (non-hydrogen) atoms. The SMILES string of the molecule is Cc1cc(C(=C2C=CC(=N)C=C2)c2ccc(N)c(C)c2)ccc1N. The van der Waals surface area contributed by atoms with Gasteiger partial charge in [-0.3, -0.25) is 0 Å². The summed E-state index contributed by atoms with van der Waals surface area (Å²) >= 11 is 0. The Balaban J connectivity index is 2.25. The van der Waals surface area contributed by atoms with Crippen LogP contribution in [0.2, 0.25) is 0 Å². The molecule has 0 saturated heterocycles. The monoisotopic (exact) mass is 315 g/mol. The van der Waals surface area contributed by atoms with Crippen LogP contribution in [0.5, 0.6) is 0 Å². The van der Waals surface area contributed by atoms with Gasteiger partial charge in [0.2, 0.25) is 0 Å². The van der Waals surface area contributed by atoms with Crippen molar-refractivity contribution in [3.05, 3.63) is 88.5 Å². The fourth-order valence-electron chi connectivity index (χ4n) is 2.80. The van der Waals surface area contributed by atoms with Crippen molar-refractivity contribution in [2.24, 2.45) is 0 Å². The van der Waals surface area contributed by atoms with E-state index in [1.165, 1.54) is 0 Å². The van der Waals surface area contributed by atoms with Gasteiger partial charge in [0, 0.05) is 11.4 Å². The van der Waals surface area contributed by atoms with E-state index in [2.05, 4.69) is 12.1 Å². The second-order valence-electron chi connectivity index (χ2n) is 6.10. The zero-order valence-electron chi connectivity index (χ0n) is 13.9. The highest BCUT2D eigenvalue weighted by molar-refractivity contribution is 6.05. The summed E-state index contributed by atoms with van der Waals surface area (Å²) < 4.78 is 0. The van der Waals surface area contributed by atoms with Crippen molar-refractivity contribution in [2.75, 3.05) is 11.5 Å². The maximum atomic E-state index is 7.72. The maximum Gasteiger partial charge on any atom is 0.0540 e. The highest BCUT2D eigenvalue weighted by Crippen LogP contribution is 2.32. The lowest BCUT2D eigenvalue weighted by Gasteiger charge is -2.16. The summed E-state index contributed by atoms with van der Waals surface area (Å²) in [5.74, 6) is 0. The number of nitrogen functional groups attached to an aromatic ring is 2. The van der Waals surface area contributed by atoms with Crippen LogP contribution in [-0.2, 0) is 0 Å². The van der Waals surface area contributed by atoms with Gasteiger partial charge in [-0.2, -0.15) is 0 Å². The third-order valence-electron chi connectivity index (χ3n) is 4.29. The molecule has 0 aromatic heterocycles. The molecular formula is C21H21N3. The second-order valence-corrected chi connectivity index (χ2v) is 6.10. The average molecular weight is 315 g/mol. The molecule has 0 saturated carbocycles. The number of rotatable bonds is 2. The van der Waals surface area contributed by atoms with Gasteiger partial charge in [0.15, 0.2) is 0 Å². The molecule has 3 heteroatoms. The van der Waals surface area contributed by atoms with Crippen molar-refractivity contribution in [3.8, 4) is 0 Å². The first-order chi connectivity index (χ1) is 11.5. The Morgan fingerprint density at radius 1 is 0.750 bits per heavy atom. The molecule has 5 N–H and O–H groups in total. The van der Waals surface area contributed by atoms with Crippen LogP contribution in [0.3, 0.4) is 0 Å². The topological polar surface area (TPSA) is 75.9 Å². The number of nitrogens with two attached hydrogens (primary N) is 2. The van der Waals surface area contributed by atoms with E-state index in [1.807, 2.05) is 62.4 Å². The van der Waals surface area contributed by atoms with Crippen molar-refractivity contribution >= 4 is 22.7 Å². The summed E-state index contributed by atoms with van der Waals surface area (Å²) in [6, 6.07) is 12.2. The molecule has 0 aliphatic heterocycles. The van der Waals surface area contributed by atoms with Crippen molar-refractivity contribution in [2.45, 2.75) is 13.8 Å². The van der Waals surface area contributed by atoms with Crippen LogP contribution in [0.15, 0.2) is 66.3 Å². The van der Waals surface area contributed by atoms with Gasteiger partial charge in [0.05, 0.1) is 5.71 Å². The number of anilines is 2. The van der Waals surface area contributed by atoms with Gasteiger partial charge in [-0.25, -0.2) is 0 Å². The van der Waals surface area contributed by atoms with Crippen LogP contribution in [0.25, 0.3) is 5.57 Å². The summed E-state index contributed by atoms with van der Waals surface area (Å²) in [6.45, 7) is 4.02. The largest absolute Gasteiger partial charge is 0.399 e. The number of benzene rings is 2. The third kappa shape index (κ3) is 3.01. The van der Waals surface area contributed by atoms with E-state index in [4.69, 9.17) is 16.9 Å². The third-order valence-corrected chi connectivity index (χ3v) is 4.29. The van der Waals surface area contributed by atoms with Gasteiger partial charge in [0.1, 0.15) is 0 Å². The van der Waals surface area contributed by atoms with Gasteiger partial charge in [0.25, 0.3) is 0 Å². The molecule has 2 aromatic carbocycles. The molecule has 0 fully saturated rings. The molecule has 3 nitrogen and oxygen atoms in total. The summed E-state index contributed by atoms with van der Waals surface area (Å²) in [7, 11) is 0. The fraction of sp³-hybridized carbons (Fsp3) is 0.0952. The van der Waals surface area contributed by atoms with Gasteiger partial charge < -0.3 is 16.9 Å². The van der Waals surface area contributed by atoms with E-state index in [1.54, 1.807) is 0 Å². The molecule has 0 spiro atoms. The van der Waals surface area contributed by atoms with Crippen LogP contribution in [-0.4, -0.2) is 5.71 Å². The van der Waals surface area contributed by atoms with Crippen LogP contribution in [0.1, 0.15) is 22.3 Å². The quantitative estimate of drug-likeness (QED) is 0.718. The Labute approximate surface area is 142 Å². The first kappa shape index (κ1) is 15.8. The van der Waals surface area contributed by atoms with E-state index >= 15 is 0 Å². The van der Waals surface area contributed by atoms with Crippen LogP contribution in [0, 0.1) is 19.3 Å². The van der Waals surface area contributed by atoms with Gasteiger partial charge >= 0.3 is 0 Å². The zero-order chi connectivity index (χ0) is 17.3. The lowest BCUT2D eigenvalue weighted by Crippen LogP contribution is -1.99. The summed E-state index contributed by atoms with van der Waals surface area (Å²) in [5.41, 5.74) is 20.5. The molecule has 0 radical (unpaired) electrons. The first-order valence-electron chi connectivity index (χ1n) is 7.87. The number of hydrogen-bond acceptors (Lipinski definition) is 3. The van der Waals surface area contributed by atoms with Crippen LogP contribution < -0.4 is 11.5 Å². The summed E-state index contributed by atoms with van der Waals surface area (Å²) in [4.78, 5) is 0. The zero-order valence-corrected chi connectivity index (χ0v) is 13.9. The standard InChI is InChI=1S/C21H21N3/c1-13-11-16(5-9-19(13)23)21(15-3-7-18(22)8-4-15)17-6-10-20(24)14(2)12-17/h3-12,22H,23-24H2,1-2H3. The van der Waals surface area contributed by atoms with E-state index in [-0.39, 0.29) is 0 Å². The lowest BCUT2D eigenvalue weighted by atomic mass is 9.89. The predicted molar refractivity (Wildman–Crippen MR) is 103 cm³/mol. The normalized spacial score (nSPS) is 13.4. The van der Waals surface area contributed by atoms with E-state index in [9.17, 15) is 0 Å². The Hall–Kier alpha value is -3.07. The molecule has 0 atom stereocenters. The Kier molecular flexibility index (Phi) is 4.09. The molecule has 3 rings (SSSR count). The molecule has 0 bridgehead atoms. The van der Waals surface area contributed by atoms with Crippen molar-refractivity contribution in [1.82, 2.24) is 0 Å². The minimum Gasteiger partial charge on any atom is -0.399 e. The second kappa shape index (κ2) is 6.20. The van der Waals surface area contributed by atoms with Crippen molar-refractivity contribution in [3.63, 3.8) is 0 Å². The van der Waals surface area contributed by atoms with E-state index < -0.39 is 0 Å². The van der Waals surface area contributed by atoms with Crippen LogP contribution in [0.4, 0.5) is 11.4 Å². The molecule has 120 valence electrons. The van der Waals surface area contributed by atoms with Gasteiger partial charge in [-0.05, 0) is 83.7 Å². The lowest BCUT2D eigenvalue weighted by molar-refractivity contribution is 1.40. The first-order valence-corrected chi connectivity index (χ1v) is 7.87. The maximum absolute atomic E-state index is 7.72. The van der Waals surface area contributed by atoms with Crippen molar-refractivity contribution < 1.29 is 0 Å². The molecule has 1 aliphatic rings. The summed E-state index contributed by atoms with van der Waals surface area (Å²) in [5, 5.41) is 7.72. The predicted octanol–water partition coefficient (Wildman–Crippen LogP) is 4.42. The van der Waals surface area contributed by atoms with Crippen molar-refractivity contribution in [1.29, 1.82) is 5.41 Å². The Morgan fingerprint density at radius 2 is 1.21 bits per heavy atom. The molecule has 1 aliphatic carbocycles. The highest BCUT2D eigenvalue weighted by Gasteiger charge is 2.12.